The molecule has 2 amide bonds. The lowest BCUT2D eigenvalue weighted by atomic mass is 9.89. The Morgan fingerprint density at radius 2 is 1.94 bits per heavy atom. The molecule has 2 aliphatic rings. The number of hydrogen-bond acceptors (Lipinski definition) is 6. The number of piperidine rings is 1. The van der Waals surface area contributed by atoms with E-state index in [1.807, 2.05) is 0 Å². The van der Waals surface area contributed by atoms with Crippen LogP contribution in [0.3, 0.4) is 0 Å². The third kappa shape index (κ3) is 4.87. The number of carbonyl (C=O) groups is 2. The molecule has 2 aliphatic heterocycles. The molecule has 0 aliphatic carbocycles. The van der Waals surface area contributed by atoms with E-state index in [0.717, 1.165) is 11.0 Å². The quantitative estimate of drug-likeness (QED) is 0.566. The van der Waals surface area contributed by atoms with Gasteiger partial charge in [0, 0.05) is 24.6 Å². The lowest BCUT2D eigenvalue weighted by Crippen LogP contribution is -2.59. The number of halogens is 2. The maximum atomic E-state index is 15.0. The van der Waals surface area contributed by atoms with Gasteiger partial charge in [0.2, 0.25) is 5.91 Å². The highest BCUT2D eigenvalue weighted by Crippen LogP contribution is 2.40. The Kier molecular flexibility index (Phi) is 6.82. The summed E-state index contributed by atoms with van der Waals surface area (Å²) in [4.78, 5) is 26.0. The van der Waals surface area contributed by atoms with Crippen LogP contribution in [0.2, 0.25) is 0 Å². The first kappa shape index (κ1) is 24.7. The first-order valence-electron chi connectivity index (χ1n) is 11.1. The molecule has 2 aromatic rings. The number of carbonyl (C=O) groups excluding carboxylic acids is 1. The Morgan fingerprint density at radius 1 is 1.23 bits per heavy atom. The topological polar surface area (TPSA) is 120 Å². The summed E-state index contributed by atoms with van der Waals surface area (Å²) in [6, 6.07) is 7.69. The van der Waals surface area contributed by atoms with Crippen LogP contribution >= 0.6 is 0 Å². The average Bonchev–Trinajstić information content (AvgIpc) is 2.84. The highest BCUT2D eigenvalue weighted by molar-refractivity contribution is 5.97. The van der Waals surface area contributed by atoms with Crippen molar-refractivity contribution in [3.8, 4) is 11.5 Å². The van der Waals surface area contributed by atoms with Crippen molar-refractivity contribution in [3.63, 3.8) is 0 Å². The van der Waals surface area contributed by atoms with Crippen molar-refractivity contribution < 1.29 is 43.2 Å². The molecule has 35 heavy (non-hydrogen) atoms. The minimum absolute atomic E-state index is 0.00329. The molecule has 4 rings (SSSR count). The number of hydrogen-bond donors (Lipinski definition) is 3. The first-order valence-corrected chi connectivity index (χ1v) is 11.1. The average molecular weight is 492 g/mol. The van der Waals surface area contributed by atoms with Crippen LogP contribution < -0.4 is 14.4 Å². The number of anilines is 1. The van der Waals surface area contributed by atoms with Crippen molar-refractivity contribution in [3.05, 3.63) is 53.1 Å². The fourth-order valence-corrected chi connectivity index (χ4v) is 4.36. The van der Waals surface area contributed by atoms with Gasteiger partial charge < -0.3 is 34.6 Å². The highest BCUT2D eigenvalue weighted by atomic mass is 19.2. The Bertz CT molecular complexity index is 1130. The molecular formula is C24H26F2N2O7. The zero-order valence-electron chi connectivity index (χ0n) is 19.0. The minimum atomic E-state index is -1.78. The van der Waals surface area contributed by atoms with Crippen LogP contribution in [0.4, 0.5) is 19.3 Å². The fourth-order valence-electron chi connectivity index (χ4n) is 4.36. The van der Waals surface area contributed by atoms with Crippen molar-refractivity contribution in [2.75, 3.05) is 31.7 Å². The number of likely N-dealkylation sites (tertiary alicyclic amines) is 1. The van der Waals surface area contributed by atoms with Gasteiger partial charge in [-0.3, -0.25) is 4.79 Å². The summed E-state index contributed by atoms with van der Waals surface area (Å²) < 4.78 is 40.4. The number of aliphatic hydroxyl groups is 2. The molecule has 2 heterocycles. The van der Waals surface area contributed by atoms with E-state index >= 15 is 0 Å². The van der Waals surface area contributed by atoms with Crippen molar-refractivity contribution in [2.45, 2.75) is 37.5 Å². The van der Waals surface area contributed by atoms with E-state index in [9.17, 15) is 28.6 Å². The number of amides is 2. The second-order valence-electron chi connectivity index (χ2n) is 8.71. The molecule has 2 atom stereocenters. The molecule has 9 nitrogen and oxygen atoms in total. The molecule has 1 fully saturated rings. The number of β-amino-alcohol motifs (C(OH)–C–C–N with tert-alkyl or cyclic N) is 1. The Labute approximate surface area is 200 Å². The summed E-state index contributed by atoms with van der Waals surface area (Å²) in [7, 11) is 1.52. The van der Waals surface area contributed by atoms with E-state index in [2.05, 4.69) is 0 Å². The van der Waals surface area contributed by atoms with Gasteiger partial charge in [-0.25, -0.2) is 13.6 Å². The second-order valence-corrected chi connectivity index (χ2v) is 8.71. The number of rotatable bonds is 6. The standard InChI is InChI=1S/C24H26F2N2O7/c1-34-15-4-2-14(3-5-15)11-28-20(30)7-6-16-18(10-17(25)21(26)22(16)28)35-13-24(33)8-9-27(23(31)32)12-19(24)29/h2-5,10,19,29,33H,6-9,11-13H2,1H3,(H,31,32)/t19-,24-/m1/s1. The molecule has 0 aromatic heterocycles. The van der Waals surface area contributed by atoms with Crippen molar-refractivity contribution in [1.29, 1.82) is 0 Å². The smallest absolute Gasteiger partial charge is 0.407 e. The Balaban J connectivity index is 1.59. The summed E-state index contributed by atoms with van der Waals surface area (Å²) >= 11 is 0. The largest absolute Gasteiger partial charge is 0.497 e. The predicted molar refractivity (Wildman–Crippen MR) is 120 cm³/mol. The number of aliphatic hydroxyl groups excluding tert-OH is 1. The van der Waals surface area contributed by atoms with Gasteiger partial charge in [0.25, 0.3) is 0 Å². The predicted octanol–water partition coefficient (Wildman–Crippen LogP) is 2.31. The lowest BCUT2D eigenvalue weighted by molar-refractivity contribution is -0.132. The molecule has 0 bridgehead atoms. The monoisotopic (exact) mass is 492 g/mol. The van der Waals surface area contributed by atoms with E-state index in [1.165, 1.54) is 12.0 Å². The molecule has 0 saturated carbocycles. The summed E-state index contributed by atoms with van der Waals surface area (Å²) in [6.45, 7) is -0.795. The number of benzene rings is 2. The van der Waals surface area contributed by atoms with E-state index < -0.39 is 36.0 Å². The third-order valence-electron chi connectivity index (χ3n) is 6.49. The fraction of sp³-hybridized carbons (Fsp3) is 0.417. The molecule has 3 N–H and O–H groups in total. The van der Waals surface area contributed by atoms with Gasteiger partial charge in [0.15, 0.2) is 11.6 Å². The molecule has 0 radical (unpaired) electrons. The molecule has 0 unspecified atom stereocenters. The normalized spacial score (nSPS) is 22.1. The zero-order chi connectivity index (χ0) is 25.3. The van der Waals surface area contributed by atoms with Crippen LogP contribution in [0.1, 0.15) is 24.0 Å². The van der Waals surface area contributed by atoms with Gasteiger partial charge in [0.1, 0.15) is 29.8 Å². The van der Waals surface area contributed by atoms with Crippen LogP contribution in [0, 0.1) is 11.6 Å². The summed E-state index contributed by atoms with van der Waals surface area (Å²) in [6.07, 6.45) is -2.60. The first-order chi connectivity index (χ1) is 16.6. The Hall–Kier alpha value is -3.44. The van der Waals surface area contributed by atoms with Crippen LogP contribution in [-0.4, -0.2) is 70.7 Å². The number of carboxylic acid groups (broad SMARTS) is 1. The second kappa shape index (κ2) is 9.67. The van der Waals surface area contributed by atoms with Crippen LogP contribution in [0.5, 0.6) is 11.5 Å². The summed E-state index contributed by atoms with van der Waals surface area (Å²) in [5.41, 5.74) is -1.05. The lowest BCUT2D eigenvalue weighted by Gasteiger charge is -2.41. The van der Waals surface area contributed by atoms with Crippen LogP contribution in [0.15, 0.2) is 30.3 Å². The molecule has 11 heteroatoms. The van der Waals surface area contributed by atoms with Crippen LogP contribution in [0.25, 0.3) is 0 Å². The maximum absolute atomic E-state index is 15.0. The van der Waals surface area contributed by atoms with Gasteiger partial charge in [-0.2, -0.15) is 0 Å². The van der Waals surface area contributed by atoms with E-state index in [1.54, 1.807) is 24.3 Å². The molecular weight excluding hydrogens is 466 g/mol. The maximum Gasteiger partial charge on any atom is 0.407 e. The number of fused-ring (bicyclic) bond motifs is 1. The van der Waals surface area contributed by atoms with E-state index in [-0.39, 0.29) is 61.8 Å². The van der Waals surface area contributed by atoms with E-state index in [4.69, 9.17) is 14.6 Å². The zero-order valence-corrected chi connectivity index (χ0v) is 19.0. The number of ether oxygens (including phenoxy) is 2. The number of nitrogens with zero attached hydrogens (tertiary/aromatic N) is 2. The SMILES string of the molecule is COc1ccc(CN2C(=O)CCc3c(OC[C@]4(O)CCN(C(=O)O)C[C@H]4O)cc(F)c(F)c32)cc1. The van der Waals surface area contributed by atoms with Gasteiger partial charge >= 0.3 is 6.09 Å². The summed E-state index contributed by atoms with van der Waals surface area (Å²) in [5, 5.41) is 30.2. The van der Waals surface area contributed by atoms with Crippen molar-refractivity contribution >= 4 is 17.7 Å². The molecule has 2 aromatic carbocycles. The van der Waals surface area contributed by atoms with Gasteiger partial charge in [-0.1, -0.05) is 12.1 Å². The third-order valence-corrected chi connectivity index (χ3v) is 6.49. The van der Waals surface area contributed by atoms with Crippen molar-refractivity contribution in [2.24, 2.45) is 0 Å². The Morgan fingerprint density at radius 3 is 2.57 bits per heavy atom. The van der Waals surface area contributed by atoms with Gasteiger partial charge in [-0.05, 0) is 30.5 Å². The molecule has 188 valence electrons. The van der Waals surface area contributed by atoms with E-state index in [0.29, 0.717) is 11.3 Å². The van der Waals surface area contributed by atoms with Crippen molar-refractivity contribution in [1.82, 2.24) is 4.90 Å². The highest BCUT2D eigenvalue weighted by Gasteiger charge is 2.43. The molecule has 1 saturated heterocycles. The van der Waals surface area contributed by atoms with Crippen LogP contribution in [-0.2, 0) is 17.8 Å². The summed E-state index contributed by atoms with van der Waals surface area (Å²) in [5.74, 6) is -2.21. The minimum Gasteiger partial charge on any atom is -0.497 e. The molecule has 0 spiro atoms. The van der Waals surface area contributed by atoms with Gasteiger partial charge in [-0.15, -0.1) is 0 Å². The number of methoxy groups -OCH3 is 1. The van der Waals surface area contributed by atoms with Gasteiger partial charge in [0.05, 0.1) is 25.9 Å².